The smallest absolute Gasteiger partial charge is 0.134 e. The van der Waals surface area contributed by atoms with Gasteiger partial charge in [-0.25, -0.2) is 0 Å². The highest BCUT2D eigenvalue weighted by atomic mass is 127. The standard InChI is InChI=1S/C17H15ClINO/c1-10-13-5-3-4-6-16(13)21-17(10)11(2)20-15-8-7-12(19)9-14(15)18/h3-9,11,20H,1-2H3. The molecule has 0 radical (unpaired) electrons. The van der Waals surface area contributed by atoms with Crippen LogP contribution in [0.1, 0.15) is 24.3 Å². The molecule has 0 aliphatic heterocycles. The average Bonchev–Trinajstić information content (AvgIpc) is 2.80. The van der Waals surface area contributed by atoms with Crippen molar-refractivity contribution in [2.24, 2.45) is 0 Å². The normalized spacial score (nSPS) is 12.6. The molecule has 0 aliphatic carbocycles. The van der Waals surface area contributed by atoms with Gasteiger partial charge >= 0.3 is 0 Å². The number of furan rings is 1. The zero-order valence-electron chi connectivity index (χ0n) is 11.8. The van der Waals surface area contributed by atoms with E-state index in [1.165, 1.54) is 5.56 Å². The molecular formula is C17H15ClINO. The van der Waals surface area contributed by atoms with Crippen LogP contribution in [0.3, 0.4) is 0 Å². The van der Waals surface area contributed by atoms with Crippen molar-refractivity contribution in [3.8, 4) is 0 Å². The van der Waals surface area contributed by atoms with Gasteiger partial charge in [0.15, 0.2) is 0 Å². The maximum absolute atomic E-state index is 6.28. The predicted octanol–water partition coefficient (Wildman–Crippen LogP) is 6.17. The maximum Gasteiger partial charge on any atom is 0.134 e. The van der Waals surface area contributed by atoms with Gasteiger partial charge in [0.25, 0.3) is 0 Å². The van der Waals surface area contributed by atoms with Gasteiger partial charge in [0.1, 0.15) is 11.3 Å². The first-order chi connectivity index (χ1) is 10.1. The van der Waals surface area contributed by atoms with Crippen LogP contribution in [0.25, 0.3) is 11.0 Å². The molecule has 1 N–H and O–H groups in total. The van der Waals surface area contributed by atoms with Crippen molar-refractivity contribution in [3.05, 3.63) is 62.4 Å². The van der Waals surface area contributed by atoms with Crippen molar-refractivity contribution in [1.82, 2.24) is 0 Å². The van der Waals surface area contributed by atoms with Gasteiger partial charge < -0.3 is 9.73 Å². The van der Waals surface area contributed by atoms with Crippen LogP contribution >= 0.6 is 34.2 Å². The first-order valence-corrected chi connectivity index (χ1v) is 8.21. The molecule has 3 rings (SSSR count). The van der Waals surface area contributed by atoms with Crippen molar-refractivity contribution < 1.29 is 4.42 Å². The second kappa shape index (κ2) is 5.89. The monoisotopic (exact) mass is 411 g/mol. The highest BCUT2D eigenvalue weighted by Crippen LogP contribution is 2.33. The van der Waals surface area contributed by atoms with Crippen LogP contribution < -0.4 is 5.32 Å². The van der Waals surface area contributed by atoms with Gasteiger partial charge in [-0.1, -0.05) is 29.8 Å². The topological polar surface area (TPSA) is 25.2 Å². The molecule has 1 aromatic heterocycles. The van der Waals surface area contributed by atoms with Crippen LogP contribution in [-0.2, 0) is 0 Å². The van der Waals surface area contributed by atoms with Crippen molar-refractivity contribution in [1.29, 1.82) is 0 Å². The molecule has 2 nitrogen and oxygen atoms in total. The van der Waals surface area contributed by atoms with E-state index in [1.807, 2.05) is 36.4 Å². The van der Waals surface area contributed by atoms with Gasteiger partial charge in [-0.2, -0.15) is 0 Å². The fourth-order valence-electron chi connectivity index (χ4n) is 2.51. The molecule has 2 aromatic carbocycles. The predicted molar refractivity (Wildman–Crippen MR) is 97.2 cm³/mol. The molecule has 1 atom stereocenters. The van der Waals surface area contributed by atoms with Gasteiger partial charge in [0.05, 0.1) is 16.8 Å². The van der Waals surface area contributed by atoms with Crippen LogP contribution in [0.5, 0.6) is 0 Å². The van der Waals surface area contributed by atoms with E-state index >= 15 is 0 Å². The summed E-state index contributed by atoms with van der Waals surface area (Å²) in [4.78, 5) is 0. The number of hydrogen-bond acceptors (Lipinski definition) is 2. The van der Waals surface area contributed by atoms with Crippen molar-refractivity contribution in [2.45, 2.75) is 19.9 Å². The zero-order valence-corrected chi connectivity index (χ0v) is 14.7. The van der Waals surface area contributed by atoms with Gasteiger partial charge in [0.2, 0.25) is 0 Å². The van der Waals surface area contributed by atoms with E-state index < -0.39 is 0 Å². The Labute approximate surface area is 142 Å². The summed E-state index contributed by atoms with van der Waals surface area (Å²) in [5.74, 6) is 0.950. The van der Waals surface area contributed by atoms with Gasteiger partial charge in [-0.3, -0.25) is 0 Å². The second-order valence-electron chi connectivity index (χ2n) is 5.08. The lowest BCUT2D eigenvalue weighted by atomic mass is 10.1. The van der Waals surface area contributed by atoms with Crippen LogP contribution in [-0.4, -0.2) is 0 Å². The molecule has 0 bridgehead atoms. The fourth-order valence-corrected chi connectivity index (χ4v) is 3.42. The summed E-state index contributed by atoms with van der Waals surface area (Å²) in [6, 6.07) is 14.1. The Morgan fingerprint density at radius 2 is 1.95 bits per heavy atom. The van der Waals surface area contributed by atoms with E-state index in [0.29, 0.717) is 0 Å². The fraction of sp³-hybridized carbons (Fsp3) is 0.176. The SMILES string of the molecule is Cc1c(C(C)Nc2ccc(I)cc2Cl)oc2ccccc12. The molecule has 0 saturated carbocycles. The van der Waals surface area contributed by atoms with Gasteiger partial charge in [0, 0.05) is 14.5 Å². The number of rotatable bonds is 3. The zero-order chi connectivity index (χ0) is 15.0. The number of hydrogen-bond donors (Lipinski definition) is 1. The molecule has 21 heavy (non-hydrogen) atoms. The Morgan fingerprint density at radius 1 is 1.19 bits per heavy atom. The first kappa shape index (κ1) is 14.7. The van der Waals surface area contributed by atoms with E-state index in [4.69, 9.17) is 16.0 Å². The van der Waals surface area contributed by atoms with E-state index in [-0.39, 0.29) is 6.04 Å². The minimum atomic E-state index is 0.0509. The first-order valence-electron chi connectivity index (χ1n) is 6.76. The lowest BCUT2D eigenvalue weighted by Gasteiger charge is -2.15. The maximum atomic E-state index is 6.28. The molecule has 0 aliphatic rings. The summed E-state index contributed by atoms with van der Waals surface area (Å²) >= 11 is 8.53. The van der Waals surface area contributed by atoms with Crippen LogP contribution in [0.2, 0.25) is 5.02 Å². The lowest BCUT2D eigenvalue weighted by Crippen LogP contribution is -2.07. The van der Waals surface area contributed by atoms with Gasteiger partial charge in [-0.15, -0.1) is 0 Å². The number of aryl methyl sites for hydroxylation is 1. The molecule has 0 spiro atoms. The number of nitrogens with one attached hydrogen (secondary N) is 1. The Balaban J connectivity index is 1.93. The Morgan fingerprint density at radius 3 is 2.67 bits per heavy atom. The summed E-state index contributed by atoms with van der Waals surface area (Å²) in [5, 5.41) is 5.31. The number of benzene rings is 2. The van der Waals surface area contributed by atoms with Crippen molar-refractivity contribution in [3.63, 3.8) is 0 Å². The summed E-state index contributed by atoms with van der Waals surface area (Å²) in [5.41, 5.74) is 3.02. The Hall–Kier alpha value is -1.20. The number of fused-ring (bicyclic) bond motifs is 1. The molecule has 108 valence electrons. The highest BCUT2D eigenvalue weighted by Gasteiger charge is 2.17. The van der Waals surface area contributed by atoms with E-state index in [0.717, 1.165) is 31.0 Å². The molecule has 1 unspecified atom stereocenters. The molecule has 0 fully saturated rings. The highest BCUT2D eigenvalue weighted by molar-refractivity contribution is 14.1. The summed E-state index contributed by atoms with van der Waals surface area (Å²) in [7, 11) is 0. The summed E-state index contributed by atoms with van der Waals surface area (Å²) in [6.45, 7) is 4.17. The third-order valence-electron chi connectivity index (χ3n) is 3.58. The minimum Gasteiger partial charge on any atom is -0.459 e. The quantitative estimate of drug-likeness (QED) is 0.521. The third kappa shape index (κ3) is 2.90. The van der Waals surface area contributed by atoms with Gasteiger partial charge in [-0.05, 0) is 60.7 Å². The Bertz CT molecular complexity index is 797. The number of halogens is 2. The molecule has 0 amide bonds. The third-order valence-corrected chi connectivity index (χ3v) is 4.56. The molecule has 3 aromatic rings. The van der Waals surface area contributed by atoms with Crippen LogP contribution in [0.15, 0.2) is 46.9 Å². The average molecular weight is 412 g/mol. The van der Waals surface area contributed by atoms with Crippen molar-refractivity contribution >= 4 is 50.8 Å². The molecule has 4 heteroatoms. The van der Waals surface area contributed by atoms with Crippen LogP contribution in [0.4, 0.5) is 5.69 Å². The Kier molecular flexibility index (Phi) is 4.13. The summed E-state index contributed by atoms with van der Waals surface area (Å²) in [6.07, 6.45) is 0. The number of anilines is 1. The van der Waals surface area contributed by atoms with E-state index in [9.17, 15) is 0 Å². The minimum absolute atomic E-state index is 0.0509. The van der Waals surface area contributed by atoms with E-state index in [2.05, 4.69) is 47.8 Å². The molecule has 0 saturated heterocycles. The largest absolute Gasteiger partial charge is 0.459 e. The second-order valence-corrected chi connectivity index (χ2v) is 6.73. The number of para-hydroxylation sites is 1. The lowest BCUT2D eigenvalue weighted by molar-refractivity contribution is 0.522. The van der Waals surface area contributed by atoms with Crippen LogP contribution in [0, 0.1) is 10.5 Å². The molecular weight excluding hydrogens is 397 g/mol. The van der Waals surface area contributed by atoms with Crippen molar-refractivity contribution in [2.75, 3.05) is 5.32 Å². The summed E-state index contributed by atoms with van der Waals surface area (Å²) < 4.78 is 7.11. The molecule has 1 heterocycles. The van der Waals surface area contributed by atoms with E-state index in [1.54, 1.807) is 0 Å².